The third-order valence-electron chi connectivity index (χ3n) is 7.47. The molecule has 4 nitrogen and oxygen atoms in total. The monoisotopic (exact) mass is 1020 g/mol. The van der Waals surface area contributed by atoms with Crippen molar-refractivity contribution in [3.8, 4) is 67.5 Å². The van der Waals surface area contributed by atoms with Crippen molar-refractivity contribution >= 4 is 96.9 Å². The highest BCUT2D eigenvalue weighted by Gasteiger charge is 2.23. The zero-order valence-electron chi connectivity index (χ0n) is 28.5. The highest BCUT2D eigenvalue weighted by Crippen LogP contribution is 2.47. The van der Waals surface area contributed by atoms with Crippen LogP contribution in [-0.4, -0.2) is 33.0 Å². The molecule has 0 saturated heterocycles. The molecule has 0 heterocycles. The number of methoxy groups -OCH3 is 2. The van der Waals surface area contributed by atoms with Crippen LogP contribution in [0.3, 0.4) is 0 Å². The van der Waals surface area contributed by atoms with Gasteiger partial charge in [-0.05, 0) is 48.5 Å². The van der Waals surface area contributed by atoms with Crippen LogP contribution in [0.4, 0.5) is 17.6 Å². The summed E-state index contributed by atoms with van der Waals surface area (Å²) in [5.74, 6) is -2.29. The van der Waals surface area contributed by atoms with Crippen LogP contribution >= 0.6 is 93.7 Å². The molecule has 0 radical (unpaired) electrons. The summed E-state index contributed by atoms with van der Waals surface area (Å²) >= 11 is 30.5. The number of hydrogen-bond acceptors (Lipinski definition) is 4. The molecule has 0 aliphatic carbocycles. The minimum atomic E-state index is -0.699. The lowest BCUT2D eigenvalue weighted by Crippen LogP contribution is -1.98. The molecule has 6 rings (SSSR count). The predicted molar refractivity (Wildman–Crippen MR) is 230 cm³/mol. The first-order valence-electron chi connectivity index (χ1n) is 15.5. The van der Waals surface area contributed by atoms with Crippen LogP contribution in [0.15, 0.2) is 109 Å². The van der Waals surface area contributed by atoms with Crippen molar-refractivity contribution in [2.75, 3.05) is 19.6 Å². The molecule has 0 atom stereocenters. The van der Waals surface area contributed by atoms with Gasteiger partial charge in [0.05, 0.1) is 40.7 Å². The van der Waals surface area contributed by atoms with Gasteiger partial charge < -0.3 is 19.7 Å². The SMILES string of the molecule is BrB(Br)Br.COc1ccc(-c2cccc(Cl)c2F)c(OC)c1-c1ccccc1F.ClCCl.Oc1ccc(-c2cccc(Cl)c2F)c(O)c1-c1ccccc1F. The lowest BCUT2D eigenvalue weighted by atomic mass is 9.95. The molecule has 0 amide bonds. The fourth-order valence-electron chi connectivity index (χ4n) is 5.23. The van der Waals surface area contributed by atoms with E-state index < -0.39 is 29.0 Å². The summed E-state index contributed by atoms with van der Waals surface area (Å²) in [4.78, 5) is 0. The molecule has 2 N–H and O–H groups in total. The van der Waals surface area contributed by atoms with Crippen molar-refractivity contribution in [3.63, 3.8) is 0 Å². The first kappa shape index (κ1) is 46.3. The van der Waals surface area contributed by atoms with Gasteiger partial charge in [0.2, 0.25) is 0 Å². The van der Waals surface area contributed by atoms with Crippen molar-refractivity contribution in [2.24, 2.45) is 0 Å². The summed E-state index contributed by atoms with van der Waals surface area (Å²) in [7, 11) is 2.93. The zero-order chi connectivity index (χ0) is 40.8. The number of alkyl halides is 2. The molecule has 6 aromatic carbocycles. The van der Waals surface area contributed by atoms with Crippen molar-refractivity contribution < 1.29 is 37.2 Å². The van der Waals surface area contributed by atoms with Gasteiger partial charge in [-0.3, -0.25) is 0 Å². The minimum Gasteiger partial charge on any atom is -0.507 e. The van der Waals surface area contributed by atoms with E-state index in [9.17, 15) is 27.8 Å². The van der Waals surface area contributed by atoms with Gasteiger partial charge in [-0.2, -0.15) is 0 Å². The maximum Gasteiger partial charge on any atom is 0.369 e. The Morgan fingerprint density at radius 3 is 1.42 bits per heavy atom. The average molecular weight is 1030 g/mol. The first-order valence-corrected chi connectivity index (χ1v) is 20.0. The van der Waals surface area contributed by atoms with Gasteiger partial charge in [0.1, 0.15) is 46.3 Å². The number of benzene rings is 6. The average Bonchev–Trinajstić information content (AvgIpc) is 3.15. The zero-order valence-corrected chi connectivity index (χ0v) is 36.3. The van der Waals surface area contributed by atoms with Gasteiger partial charge in [0.15, 0.2) is 0 Å². The standard InChI is InChI=1S/C20H15ClF2O2.C18H11ClF2O2.CH2Cl2.BBr3/c1-24-17-11-10-13(12-7-5-8-15(21)19(12)23)20(25-2)18(17)14-6-3-4-9-16(14)22;19-13-6-3-5-10(17(13)21)11-8-9-15(22)16(18(11)23)12-4-1-2-7-14(12)20;2-1-3;2-1(3)4/h3-11H,1-2H3;1-9,22-23H;1H2;. The van der Waals surface area contributed by atoms with Crippen LogP contribution in [0.25, 0.3) is 44.5 Å². The van der Waals surface area contributed by atoms with Crippen molar-refractivity contribution in [1.29, 1.82) is 0 Å². The highest BCUT2D eigenvalue weighted by molar-refractivity contribution is 9.69. The van der Waals surface area contributed by atoms with Crippen LogP contribution in [0.2, 0.25) is 10.0 Å². The van der Waals surface area contributed by atoms with Crippen LogP contribution in [-0.2, 0) is 0 Å². The second-order valence-electron chi connectivity index (χ2n) is 10.6. The van der Waals surface area contributed by atoms with Gasteiger partial charge >= 0.3 is 3.18 Å². The number of rotatable bonds is 6. The van der Waals surface area contributed by atoms with E-state index in [4.69, 9.17) is 55.9 Å². The van der Waals surface area contributed by atoms with Crippen LogP contribution in [0.5, 0.6) is 23.0 Å². The van der Waals surface area contributed by atoms with Gasteiger partial charge in [0, 0.05) is 33.4 Å². The topological polar surface area (TPSA) is 58.9 Å². The molecule has 288 valence electrons. The number of hydrogen-bond donors (Lipinski definition) is 2. The van der Waals surface area contributed by atoms with E-state index in [-0.39, 0.29) is 52.1 Å². The van der Waals surface area contributed by atoms with Gasteiger partial charge in [-0.15, -0.1) is 70.5 Å². The Labute approximate surface area is 360 Å². The second kappa shape index (κ2) is 22.6. The number of ether oxygens (including phenoxy) is 2. The lowest BCUT2D eigenvalue weighted by Gasteiger charge is -2.18. The summed E-state index contributed by atoms with van der Waals surface area (Å²) in [6, 6.07) is 27.0. The van der Waals surface area contributed by atoms with E-state index >= 15 is 0 Å². The van der Waals surface area contributed by atoms with E-state index in [2.05, 4.69) is 47.3 Å². The molecule has 0 saturated carbocycles. The smallest absolute Gasteiger partial charge is 0.369 e. The summed E-state index contributed by atoms with van der Waals surface area (Å²) in [6.07, 6.45) is 0. The van der Waals surface area contributed by atoms with Crippen molar-refractivity contribution in [2.45, 2.75) is 0 Å². The fourth-order valence-corrected chi connectivity index (χ4v) is 5.58. The Bertz CT molecular complexity index is 2220. The molecule has 55 heavy (non-hydrogen) atoms. The second-order valence-corrected chi connectivity index (χ2v) is 18.6. The molecule has 0 aliphatic rings. The molecule has 0 aliphatic heterocycles. The van der Waals surface area contributed by atoms with Crippen molar-refractivity contribution in [1.82, 2.24) is 0 Å². The normalized spacial score (nSPS) is 10.1. The van der Waals surface area contributed by atoms with Crippen LogP contribution < -0.4 is 9.47 Å². The molecular weight excluding hydrogens is 1000 g/mol. The third kappa shape index (κ3) is 12.0. The molecule has 0 bridgehead atoms. The highest BCUT2D eigenvalue weighted by atomic mass is 79.9. The van der Waals surface area contributed by atoms with Gasteiger partial charge in [-0.25, -0.2) is 17.6 Å². The van der Waals surface area contributed by atoms with Gasteiger partial charge in [-0.1, -0.05) is 83.9 Å². The molecule has 0 unspecified atom stereocenters. The number of phenolic OH excluding ortho intramolecular Hbond substituents is 2. The molecule has 0 spiro atoms. The van der Waals surface area contributed by atoms with E-state index in [1.54, 1.807) is 48.5 Å². The number of aromatic hydroxyl groups is 2. The van der Waals surface area contributed by atoms with Gasteiger partial charge in [0.25, 0.3) is 0 Å². The Hall–Kier alpha value is -3.10. The summed E-state index contributed by atoms with van der Waals surface area (Å²) in [6.45, 7) is 0. The molecule has 6 aromatic rings. The Balaban J connectivity index is 0.000000253. The predicted octanol–water partition coefficient (Wildman–Crippen LogP) is 14.9. The van der Waals surface area contributed by atoms with E-state index in [1.807, 2.05) is 0 Å². The summed E-state index contributed by atoms with van der Waals surface area (Å²) in [5.41, 5.74) is 1.55. The van der Waals surface area contributed by atoms with Crippen LogP contribution in [0.1, 0.15) is 0 Å². The fraction of sp³-hybridized carbons (Fsp3) is 0.0769. The van der Waals surface area contributed by atoms with Crippen molar-refractivity contribution in [3.05, 3.63) is 143 Å². The summed E-state index contributed by atoms with van der Waals surface area (Å²) < 4.78 is 68.3. The Kier molecular flexibility index (Phi) is 19.0. The Morgan fingerprint density at radius 1 is 0.545 bits per heavy atom. The number of halogens is 11. The maximum atomic E-state index is 14.5. The van der Waals surface area contributed by atoms with E-state index in [1.165, 1.54) is 74.9 Å². The van der Waals surface area contributed by atoms with Crippen LogP contribution in [0, 0.1) is 23.3 Å². The molecule has 16 heteroatoms. The largest absolute Gasteiger partial charge is 0.507 e. The Morgan fingerprint density at radius 2 is 0.964 bits per heavy atom. The van der Waals surface area contributed by atoms with E-state index in [0.717, 1.165) is 0 Å². The molecular formula is C39H28BBr3Cl4F4O4. The summed E-state index contributed by atoms with van der Waals surface area (Å²) in [5, 5.41) is 20.6. The lowest BCUT2D eigenvalue weighted by molar-refractivity contribution is 0.397. The first-order chi connectivity index (χ1) is 26.2. The molecule has 0 fully saturated rings. The third-order valence-corrected chi connectivity index (χ3v) is 8.05. The molecule has 0 aromatic heterocycles. The maximum absolute atomic E-state index is 14.5. The van der Waals surface area contributed by atoms with E-state index in [0.29, 0.717) is 28.2 Å². The number of phenols is 2. The minimum absolute atomic E-state index is 0.00260. The quantitative estimate of drug-likeness (QED) is 0.0991.